The zero-order chi connectivity index (χ0) is 13.5. The smallest absolute Gasteiger partial charge is 0.339 e. The van der Waals surface area contributed by atoms with Crippen molar-refractivity contribution in [3.63, 3.8) is 0 Å². The second kappa shape index (κ2) is 4.12. The summed E-state index contributed by atoms with van der Waals surface area (Å²) >= 11 is 0. The maximum Gasteiger partial charge on any atom is 0.339 e. The summed E-state index contributed by atoms with van der Waals surface area (Å²) < 4.78 is 10.7. The summed E-state index contributed by atoms with van der Waals surface area (Å²) in [5.41, 5.74) is 1.76. The molecule has 1 unspecified atom stereocenters. The van der Waals surface area contributed by atoms with Crippen LogP contribution in [0.5, 0.6) is 5.75 Å². The number of hydrogen-bond acceptors (Lipinski definition) is 3. The quantitative estimate of drug-likeness (QED) is 0.772. The molecule has 1 aliphatic rings. The van der Waals surface area contributed by atoms with E-state index in [2.05, 4.69) is 0 Å². The second-order valence-electron chi connectivity index (χ2n) is 4.70. The minimum absolute atomic E-state index is 0.270. The summed E-state index contributed by atoms with van der Waals surface area (Å²) in [7, 11) is 1.63. The maximum absolute atomic E-state index is 11.9. The summed E-state index contributed by atoms with van der Waals surface area (Å²) in [5, 5.41) is 0. The van der Waals surface area contributed by atoms with Gasteiger partial charge in [-0.3, -0.25) is 0 Å². The highest BCUT2D eigenvalue weighted by molar-refractivity contribution is 5.95. The fourth-order valence-corrected chi connectivity index (χ4v) is 2.50. The van der Waals surface area contributed by atoms with Gasteiger partial charge in [-0.05, 0) is 25.1 Å². The first-order valence-corrected chi connectivity index (χ1v) is 6.12. The molecule has 0 N–H and O–H groups in total. The molecule has 0 aromatic heterocycles. The Hall–Kier alpha value is -2.29. The Balaban J connectivity index is 2.11. The van der Waals surface area contributed by atoms with Gasteiger partial charge in [0.2, 0.25) is 0 Å². The number of ether oxygens (including phenoxy) is 2. The molecular weight excluding hydrogens is 240 g/mol. The van der Waals surface area contributed by atoms with E-state index in [1.807, 2.05) is 49.4 Å². The highest BCUT2D eigenvalue weighted by atomic mass is 16.6. The minimum atomic E-state index is -0.722. The molecule has 19 heavy (non-hydrogen) atoms. The molecule has 3 nitrogen and oxygen atoms in total. The molecule has 1 heterocycles. The Bertz CT molecular complexity index is 631. The molecule has 2 aromatic carbocycles. The number of hydrogen-bond donors (Lipinski definition) is 0. The highest BCUT2D eigenvalue weighted by Crippen LogP contribution is 2.41. The number of rotatable bonds is 2. The van der Waals surface area contributed by atoms with Crippen molar-refractivity contribution >= 4 is 5.97 Å². The number of carbonyl (C=O) groups excluding carboxylic acids is 1. The topological polar surface area (TPSA) is 35.5 Å². The predicted molar refractivity (Wildman–Crippen MR) is 71.3 cm³/mol. The van der Waals surface area contributed by atoms with Gasteiger partial charge in [-0.15, -0.1) is 0 Å². The number of methoxy groups -OCH3 is 1. The van der Waals surface area contributed by atoms with Crippen LogP contribution in [0.3, 0.4) is 0 Å². The van der Waals surface area contributed by atoms with Crippen molar-refractivity contribution in [1.82, 2.24) is 0 Å². The molecule has 0 saturated heterocycles. The lowest BCUT2D eigenvalue weighted by Crippen LogP contribution is -2.23. The summed E-state index contributed by atoms with van der Waals surface area (Å²) in [5.74, 6) is 0.513. The first kappa shape index (κ1) is 11.8. The predicted octanol–water partition coefficient (Wildman–Crippen LogP) is 3.13. The molecule has 0 radical (unpaired) electrons. The molecule has 0 fully saturated rings. The zero-order valence-corrected chi connectivity index (χ0v) is 10.8. The van der Waals surface area contributed by atoms with Gasteiger partial charge in [-0.25, -0.2) is 4.79 Å². The Labute approximate surface area is 111 Å². The average Bonchev–Trinajstić information content (AvgIpc) is 2.72. The van der Waals surface area contributed by atoms with Crippen LogP contribution < -0.4 is 4.74 Å². The van der Waals surface area contributed by atoms with Crippen molar-refractivity contribution in [3.05, 3.63) is 65.2 Å². The molecule has 96 valence electrons. The van der Waals surface area contributed by atoms with Crippen molar-refractivity contribution in [2.75, 3.05) is 7.11 Å². The third-order valence-corrected chi connectivity index (χ3v) is 3.60. The van der Waals surface area contributed by atoms with Crippen LogP contribution in [0.4, 0.5) is 0 Å². The summed E-state index contributed by atoms with van der Waals surface area (Å²) in [4.78, 5) is 11.9. The molecule has 1 aliphatic heterocycles. The summed E-state index contributed by atoms with van der Waals surface area (Å²) in [6.07, 6.45) is 0. The largest absolute Gasteiger partial charge is 0.497 e. The molecule has 0 aliphatic carbocycles. The SMILES string of the molecule is COc1ccc(C2(C)OC(=O)c3ccccc32)cc1. The van der Waals surface area contributed by atoms with Crippen LogP contribution in [0.15, 0.2) is 48.5 Å². The van der Waals surface area contributed by atoms with E-state index < -0.39 is 5.60 Å². The first-order valence-electron chi connectivity index (χ1n) is 6.12. The van der Waals surface area contributed by atoms with E-state index in [0.29, 0.717) is 5.56 Å². The Morgan fingerprint density at radius 1 is 1.05 bits per heavy atom. The molecule has 0 saturated carbocycles. The lowest BCUT2D eigenvalue weighted by Gasteiger charge is -2.24. The monoisotopic (exact) mass is 254 g/mol. The van der Waals surface area contributed by atoms with Crippen LogP contribution in [0, 0.1) is 0 Å². The lowest BCUT2D eigenvalue weighted by atomic mass is 9.87. The van der Waals surface area contributed by atoms with Gasteiger partial charge in [-0.2, -0.15) is 0 Å². The van der Waals surface area contributed by atoms with E-state index in [0.717, 1.165) is 16.9 Å². The van der Waals surface area contributed by atoms with E-state index in [4.69, 9.17) is 9.47 Å². The number of fused-ring (bicyclic) bond motifs is 1. The van der Waals surface area contributed by atoms with Crippen LogP contribution in [0.1, 0.15) is 28.4 Å². The second-order valence-corrected chi connectivity index (χ2v) is 4.70. The fourth-order valence-electron chi connectivity index (χ4n) is 2.50. The summed E-state index contributed by atoms with van der Waals surface area (Å²) in [6.45, 7) is 1.92. The molecule has 3 heteroatoms. The Kier molecular flexibility index (Phi) is 2.56. The third-order valence-electron chi connectivity index (χ3n) is 3.60. The normalized spacial score (nSPS) is 20.8. The van der Waals surface area contributed by atoms with Gasteiger partial charge >= 0.3 is 5.97 Å². The van der Waals surface area contributed by atoms with E-state index in [-0.39, 0.29) is 5.97 Å². The van der Waals surface area contributed by atoms with Gasteiger partial charge in [0.15, 0.2) is 5.60 Å². The average molecular weight is 254 g/mol. The molecule has 3 rings (SSSR count). The molecule has 2 aromatic rings. The van der Waals surface area contributed by atoms with E-state index in [9.17, 15) is 4.79 Å². The van der Waals surface area contributed by atoms with Gasteiger partial charge in [0.1, 0.15) is 5.75 Å². The van der Waals surface area contributed by atoms with Gasteiger partial charge in [0.05, 0.1) is 12.7 Å². The standard InChI is InChI=1S/C16H14O3/c1-16(11-7-9-12(18-2)10-8-11)14-6-4-3-5-13(14)15(17)19-16/h3-10H,1-2H3. The van der Waals surface area contributed by atoms with Crippen molar-refractivity contribution in [3.8, 4) is 5.75 Å². The van der Waals surface area contributed by atoms with Gasteiger partial charge < -0.3 is 9.47 Å². The number of carbonyl (C=O) groups is 1. The van der Waals surface area contributed by atoms with Gasteiger partial charge in [0, 0.05) is 11.1 Å². The van der Waals surface area contributed by atoms with Crippen molar-refractivity contribution in [1.29, 1.82) is 0 Å². The highest BCUT2D eigenvalue weighted by Gasteiger charge is 2.42. The number of cyclic esters (lactones) is 1. The van der Waals surface area contributed by atoms with Gasteiger partial charge in [0.25, 0.3) is 0 Å². The van der Waals surface area contributed by atoms with Crippen molar-refractivity contribution in [2.24, 2.45) is 0 Å². The van der Waals surface area contributed by atoms with E-state index in [1.54, 1.807) is 13.2 Å². The molecule has 0 amide bonds. The number of benzene rings is 2. The fraction of sp³-hybridized carbons (Fsp3) is 0.188. The van der Waals surface area contributed by atoms with Gasteiger partial charge in [-0.1, -0.05) is 30.3 Å². The first-order chi connectivity index (χ1) is 9.15. The zero-order valence-electron chi connectivity index (χ0n) is 10.8. The lowest BCUT2D eigenvalue weighted by molar-refractivity contribution is 0.0180. The Morgan fingerprint density at radius 2 is 1.74 bits per heavy atom. The third kappa shape index (κ3) is 1.70. The van der Waals surface area contributed by atoms with Crippen LogP contribution in [-0.4, -0.2) is 13.1 Å². The van der Waals surface area contributed by atoms with Crippen LogP contribution in [0.25, 0.3) is 0 Å². The molecular formula is C16H14O3. The number of esters is 1. The van der Waals surface area contributed by atoms with Crippen molar-refractivity contribution < 1.29 is 14.3 Å². The van der Waals surface area contributed by atoms with Crippen molar-refractivity contribution in [2.45, 2.75) is 12.5 Å². The van der Waals surface area contributed by atoms with Crippen LogP contribution in [0.2, 0.25) is 0 Å². The molecule has 0 spiro atoms. The molecule has 0 bridgehead atoms. The Morgan fingerprint density at radius 3 is 2.42 bits per heavy atom. The van der Waals surface area contributed by atoms with E-state index >= 15 is 0 Å². The maximum atomic E-state index is 11.9. The minimum Gasteiger partial charge on any atom is -0.497 e. The summed E-state index contributed by atoms with van der Waals surface area (Å²) in [6, 6.07) is 15.1. The van der Waals surface area contributed by atoms with Crippen LogP contribution in [-0.2, 0) is 10.3 Å². The van der Waals surface area contributed by atoms with E-state index in [1.165, 1.54) is 0 Å². The van der Waals surface area contributed by atoms with Crippen LogP contribution >= 0.6 is 0 Å². The molecule has 1 atom stereocenters.